The van der Waals surface area contributed by atoms with Crippen LogP contribution in [0, 0.1) is 6.92 Å². The second kappa shape index (κ2) is 12.3. The van der Waals surface area contributed by atoms with E-state index in [0.29, 0.717) is 40.6 Å². The predicted molar refractivity (Wildman–Crippen MR) is 154 cm³/mol. The largest absolute Gasteiger partial charge is 0.461 e. The Bertz CT molecular complexity index is 1730. The minimum absolute atomic E-state index is 0.116. The second-order valence-electron chi connectivity index (χ2n) is 9.37. The molecule has 5 rings (SSSR count). The zero-order chi connectivity index (χ0) is 29.0. The molecule has 214 valence electrons. The van der Waals surface area contributed by atoms with E-state index in [4.69, 9.17) is 9.47 Å². The molecule has 1 amide bonds. The van der Waals surface area contributed by atoms with Crippen molar-refractivity contribution in [1.29, 1.82) is 0 Å². The van der Waals surface area contributed by atoms with Crippen LogP contribution in [-0.2, 0) is 37.3 Å². The summed E-state index contributed by atoms with van der Waals surface area (Å²) >= 11 is 1.08. The van der Waals surface area contributed by atoms with E-state index in [0.717, 1.165) is 16.9 Å². The topological polar surface area (TPSA) is 137 Å². The van der Waals surface area contributed by atoms with Crippen LogP contribution in [0.3, 0.4) is 0 Å². The molecular formula is C28H28N4O7S2. The molecule has 0 radical (unpaired) electrons. The highest BCUT2D eigenvalue weighted by molar-refractivity contribution is 7.89. The maximum atomic E-state index is 13.2. The number of hydrogen-bond donors (Lipinski definition) is 1. The van der Waals surface area contributed by atoms with Crippen LogP contribution in [0.2, 0.25) is 0 Å². The summed E-state index contributed by atoms with van der Waals surface area (Å²) in [6.45, 7) is 2.81. The number of amides is 1. The minimum Gasteiger partial charge on any atom is -0.461 e. The predicted octanol–water partition coefficient (Wildman–Crippen LogP) is 2.83. The highest BCUT2D eigenvalue weighted by atomic mass is 32.2. The number of aryl methyl sites for hydroxylation is 1. The zero-order valence-corrected chi connectivity index (χ0v) is 23.9. The van der Waals surface area contributed by atoms with Gasteiger partial charge in [0.05, 0.1) is 36.4 Å². The summed E-state index contributed by atoms with van der Waals surface area (Å²) in [7, 11) is -3.65. The number of fused-ring (bicyclic) bond motifs is 1. The molecule has 0 aliphatic carbocycles. The summed E-state index contributed by atoms with van der Waals surface area (Å²) in [4.78, 5) is 43.7. The molecule has 0 bridgehead atoms. The summed E-state index contributed by atoms with van der Waals surface area (Å²) in [5, 5.41) is 2.93. The normalized spacial score (nSPS) is 14.2. The van der Waals surface area contributed by atoms with Gasteiger partial charge in [-0.15, -0.1) is 11.3 Å². The molecule has 0 spiro atoms. The third kappa shape index (κ3) is 6.38. The Balaban J connectivity index is 1.24. The number of sulfonamides is 1. The minimum atomic E-state index is -3.65. The molecule has 2 aromatic heterocycles. The number of benzene rings is 2. The van der Waals surface area contributed by atoms with Gasteiger partial charge in [0, 0.05) is 25.2 Å². The van der Waals surface area contributed by atoms with E-state index < -0.39 is 27.5 Å². The second-order valence-corrected chi connectivity index (χ2v) is 12.3. The van der Waals surface area contributed by atoms with Gasteiger partial charge in [-0.05, 0) is 42.3 Å². The van der Waals surface area contributed by atoms with Crippen LogP contribution in [0.15, 0.2) is 70.6 Å². The van der Waals surface area contributed by atoms with Crippen molar-refractivity contribution in [2.24, 2.45) is 0 Å². The number of nitrogens with zero attached hydrogens (tertiary/aromatic N) is 3. The fourth-order valence-electron chi connectivity index (χ4n) is 4.44. The number of carbonyl (C=O) groups excluding carboxylic acids is 2. The number of hydrogen-bond acceptors (Lipinski definition) is 9. The molecule has 1 aliphatic heterocycles. The van der Waals surface area contributed by atoms with E-state index in [-0.39, 0.29) is 36.5 Å². The number of nitrogens with one attached hydrogen (secondary N) is 1. The number of rotatable bonds is 9. The summed E-state index contributed by atoms with van der Waals surface area (Å²) in [6, 6.07) is 15.5. The van der Waals surface area contributed by atoms with Crippen LogP contribution in [0.25, 0.3) is 10.2 Å². The average Bonchev–Trinajstić information content (AvgIpc) is 3.32. The highest BCUT2D eigenvalue weighted by Gasteiger charge is 2.26. The Morgan fingerprint density at radius 3 is 2.49 bits per heavy atom. The quantitative estimate of drug-likeness (QED) is 0.291. The molecule has 0 saturated carbocycles. The lowest BCUT2D eigenvalue weighted by Gasteiger charge is -2.26. The molecule has 1 fully saturated rings. The van der Waals surface area contributed by atoms with E-state index in [1.165, 1.54) is 39.5 Å². The van der Waals surface area contributed by atoms with E-state index in [1.807, 2.05) is 30.3 Å². The molecule has 2 aromatic carbocycles. The van der Waals surface area contributed by atoms with Gasteiger partial charge in [-0.1, -0.05) is 30.3 Å². The number of thiophene rings is 1. The molecule has 1 aliphatic rings. The summed E-state index contributed by atoms with van der Waals surface area (Å²) in [5.74, 6) is -1.02. The fourth-order valence-corrected chi connectivity index (χ4v) is 6.88. The van der Waals surface area contributed by atoms with Crippen LogP contribution in [0.5, 0.6) is 0 Å². The molecule has 41 heavy (non-hydrogen) atoms. The van der Waals surface area contributed by atoms with Gasteiger partial charge in [0.15, 0.2) is 0 Å². The van der Waals surface area contributed by atoms with Crippen LogP contribution < -0.4 is 10.9 Å². The number of esters is 1. The van der Waals surface area contributed by atoms with Gasteiger partial charge >= 0.3 is 5.97 Å². The molecule has 4 aromatic rings. The lowest BCUT2D eigenvalue weighted by Crippen LogP contribution is -2.40. The van der Waals surface area contributed by atoms with Gasteiger partial charge in [0.25, 0.3) is 5.56 Å². The van der Waals surface area contributed by atoms with E-state index >= 15 is 0 Å². The lowest BCUT2D eigenvalue weighted by atomic mass is 10.2. The van der Waals surface area contributed by atoms with Crippen LogP contribution in [0.4, 0.5) is 5.69 Å². The molecule has 0 unspecified atom stereocenters. The Hall–Kier alpha value is -3.91. The van der Waals surface area contributed by atoms with Crippen LogP contribution in [-0.4, -0.2) is 67.1 Å². The number of morpholine rings is 1. The van der Waals surface area contributed by atoms with Crippen molar-refractivity contribution >= 4 is 49.1 Å². The van der Waals surface area contributed by atoms with Crippen molar-refractivity contribution < 1.29 is 27.5 Å². The molecule has 3 heterocycles. The molecular weight excluding hydrogens is 568 g/mol. The van der Waals surface area contributed by atoms with E-state index in [2.05, 4.69) is 10.3 Å². The molecule has 0 atom stereocenters. The van der Waals surface area contributed by atoms with Crippen molar-refractivity contribution in [2.75, 3.05) is 38.2 Å². The first-order valence-corrected chi connectivity index (χ1v) is 15.2. The van der Waals surface area contributed by atoms with Crippen LogP contribution >= 0.6 is 11.3 Å². The number of aromatic nitrogens is 2. The number of anilines is 1. The van der Waals surface area contributed by atoms with Crippen molar-refractivity contribution in [2.45, 2.75) is 24.8 Å². The van der Waals surface area contributed by atoms with Crippen molar-refractivity contribution in [3.8, 4) is 0 Å². The monoisotopic (exact) mass is 596 g/mol. The lowest BCUT2D eigenvalue weighted by molar-refractivity contribution is -0.116. The third-order valence-corrected chi connectivity index (χ3v) is 9.72. The molecule has 11 nitrogen and oxygen atoms in total. The Kier molecular flexibility index (Phi) is 8.59. The van der Waals surface area contributed by atoms with Gasteiger partial charge in [0.2, 0.25) is 15.9 Å². The van der Waals surface area contributed by atoms with Gasteiger partial charge in [0.1, 0.15) is 16.3 Å². The number of carbonyl (C=O) groups is 2. The highest BCUT2D eigenvalue weighted by Crippen LogP contribution is 2.27. The fraction of sp³-hybridized carbons (Fsp3) is 0.286. The Morgan fingerprint density at radius 1 is 1.07 bits per heavy atom. The zero-order valence-electron chi connectivity index (χ0n) is 22.2. The summed E-state index contributed by atoms with van der Waals surface area (Å²) < 4.78 is 38.8. The van der Waals surface area contributed by atoms with Gasteiger partial charge in [-0.25, -0.2) is 18.2 Å². The third-order valence-electron chi connectivity index (χ3n) is 6.63. The molecule has 1 N–H and O–H groups in total. The average molecular weight is 597 g/mol. The standard InChI is InChI=1S/C28H28N4O7S2/c1-19-24-26(40-25(19)28(35)39-14-11-20-5-3-2-4-6-20)29-18-31(27(24)34)17-23(33)30-21-7-9-22(10-8-21)41(36,37)32-12-15-38-16-13-32/h2-10,18H,11-17H2,1H3,(H,30,33). The first kappa shape index (κ1) is 28.6. The van der Waals surface area contributed by atoms with Gasteiger partial charge < -0.3 is 14.8 Å². The Morgan fingerprint density at radius 2 is 1.78 bits per heavy atom. The number of ether oxygens (including phenoxy) is 2. The van der Waals surface area contributed by atoms with Crippen molar-refractivity contribution in [3.63, 3.8) is 0 Å². The van der Waals surface area contributed by atoms with Gasteiger partial charge in [-0.2, -0.15) is 4.31 Å². The van der Waals surface area contributed by atoms with Crippen molar-refractivity contribution in [3.05, 3.63) is 87.3 Å². The summed E-state index contributed by atoms with van der Waals surface area (Å²) in [5.41, 5.74) is 1.43. The first-order valence-electron chi connectivity index (χ1n) is 12.9. The maximum Gasteiger partial charge on any atom is 0.348 e. The van der Waals surface area contributed by atoms with Crippen LogP contribution in [0.1, 0.15) is 20.8 Å². The summed E-state index contributed by atoms with van der Waals surface area (Å²) in [6.07, 6.45) is 1.84. The SMILES string of the molecule is Cc1c(C(=O)OCCc2ccccc2)sc2ncn(CC(=O)Nc3ccc(S(=O)(=O)N4CCOCC4)cc3)c(=O)c12. The first-order chi connectivity index (χ1) is 19.7. The van der Waals surface area contributed by atoms with Crippen molar-refractivity contribution in [1.82, 2.24) is 13.9 Å². The molecule has 1 saturated heterocycles. The molecule has 13 heteroatoms. The van der Waals surface area contributed by atoms with E-state index in [1.54, 1.807) is 6.92 Å². The Labute approximate surface area is 240 Å². The van der Waals surface area contributed by atoms with Gasteiger partial charge in [-0.3, -0.25) is 14.2 Å². The maximum absolute atomic E-state index is 13.2. The van der Waals surface area contributed by atoms with E-state index in [9.17, 15) is 22.8 Å². The smallest absolute Gasteiger partial charge is 0.348 e.